The summed E-state index contributed by atoms with van der Waals surface area (Å²) >= 11 is 1.64. The monoisotopic (exact) mass is 400 g/mol. The number of anilines is 1. The number of rotatable bonds is 9. The van der Waals surface area contributed by atoms with Crippen molar-refractivity contribution in [3.8, 4) is 0 Å². The van der Waals surface area contributed by atoms with Crippen molar-refractivity contribution in [1.29, 1.82) is 0 Å². The molecule has 0 spiro atoms. The van der Waals surface area contributed by atoms with Crippen LogP contribution in [0.3, 0.4) is 0 Å². The van der Waals surface area contributed by atoms with Gasteiger partial charge in [0.25, 0.3) is 5.91 Å². The number of benzene rings is 1. The van der Waals surface area contributed by atoms with Crippen LogP contribution in [0, 0.1) is 0 Å². The van der Waals surface area contributed by atoms with Gasteiger partial charge < -0.3 is 9.80 Å². The molecule has 5 nitrogen and oxygen atoms in total. The van der Waals surface area contributed by atoms with Gasteiger partial charge in [-0.25, -0.2) is 9.97 Å². The van der Waals surface area contributed by atoms with Gasteiger partial charge in [-0.15, -0.1) is 0 Å². The van der Waals surface area contributed by atoms with Crippen LogP contribution in [-0.4, -0.2) is 48.0 Å². The zero-order valence-electron chi connectivity index (χ0n) is 17.9. The minimum Gasteiger partial charge on any atom is -0.360 e. The summed E-state index contributed by atoms with van der Waals surface area (Å²) in [7, 11) is 3.89. The van der Waals surface area contributed by atoms with Crippen molar-refractivity contribution in [2.75, 3.05) is 32.1 Å². The van der Waals surface area contributed by atoms with Crippen LogP contribution in [0.1, 0.15) is 61.6 Å². The van der Waals surface area contributed by atoms with Crippen molar-refractivity contribution in [2.24, 2.45) is 0 Å². The zero-order chi connectivity index (χ0) is 20.7. The predicted octanol–water partition coefficient (Wildman–Crippen LogP) is 4.83. The Balaban J connectivity index is 2.12. The molecule has 0 aliphatic rings. The first kappa shape index (κ1) is 22.2. The summed E-state index contributed by atoms with van der Waals surface area (Å²) in [6, 6.07) is 9.92. The molecular formula is C22H32N4OS. The molecule has 6 heteroatoms. The second kappa shape index (κ2) is 10.5. The SMILES string of the molecule is CCCN(C)c1cc(C(C)C)nc(SCc2ccc(C(=O)N(C)CC)cc2)n1. The van der Waals surface area contributed by atoms with Gasteiger partial charge in [-0.2, -0.15) is 0 Å². The Bertz CT molecular complexity index is 777. The molecule has 28 heavy (non-hydrogen) atoms. The van der Waals surface area contributed by atoms with Gasteiger partial charge in [-0.3, -0.25) is 4.79 Å². The largest absolute Gasteiger partial charge is 0.360 e. The topological polar surface area (TPSA) is 49.3 Å². The number of amides is 1. The summed E-state index contributed by atoms with van der Waals surface area (Å²) in [5, 5.41) is 0.801. The Morgan fingerprint density at radius 1 is 1.11 bits per heavy atom. The molecule has 0 fully saturated rings. The molecule has 0 bridgehead atoms. The number of carbonyl (C=O) groups excluding carboxylic acids is 1. The molecule has 0 radical (unpaired) electrons. The summed E-state index contributed by atoms with van der Waals surface area (Å²) in [5.74, 6) is 2.16. The minimum atomic E-state index is 0.0540. The highest BCUT2D eigenvalue weighted by Gasteiger charge is 2.12. The Hall–Kier alpha value is -2.08. The molecule has 1 heterocycles. The van der Waals surface area contributed by atoms with Crippen molar-refractivity contribution in [2.45, 2.75) is 50.9 Å². The van der Waals surface area contributed by atoms with Crippen LogP contribution in [-0.2, 0) is 5.75 Å². The van der Waals surface area contributed by atoms with E-state index in [2.05, 4.69) is 38.8 Å². The van der Waals surface area contributed by atoms with E-state index in [0.717, 1.165) is 46.5 Å². The van der Waals surface area contributed by atoms with Gasteiger partial charge in [-0.1, -0.05) is 44.7 Å². The third kappa shape index (κ3) is 5.96. The first-order valence-electron chi connectivity index (χ1n) is 9.93. The number of aromatic nitrogens is 2. The lowest BCUT2D eigenvalue weighted by Crippen LogP contribution is -2.26. The minimum absolute atomic E-state index is 0.0540. The first-order chi connectivity index (χ1) is 13.3. The molecule has 1 aromatic heterocycles. The van der Waals surface area contributed by atoms with Gasteiger partial charge >= 0.3 is 0 Å². The average molecular weight is 401 g/mol. The van der Waals surface area contributed by atoms with Crippen LogP contribution in [0.2, 0.25) is 0 Å². The molecule has 2 aromatic rings. The molecule has 2 rings (SSSR count). The molecule has 1 amide bonds. The molecule has 0 aliphatic carbocycles. The second-order valence-electron chi connectivity index (χ2n) is 7.31. The highest BCUT2D eigenvalue weighted by molar-refractivity contribution is 7.98. The maximum atomic E-state index is 12.2. The van der Waals surface area contributed by atoms with Crippen molar-refractivity contribution in [3.63, 3.8) is 0 Å². The van der Waals surface area contributed by atoms with Crippen LogP contribution in [0.15, 0.2) is 35.5 Å². The highest BCUT2D eigenvalue weighted by Crippen LogP contribution is 2.25. The predicted molar refractivity (Wildman–Crippen MR) is 118 cm³/mol. The van der Waals surface area contributed by atoms with E-state index in [1.54, 1.807) is 16.7 Å². The fourth-order valence-electron chi connectivity index (χ4n) is 2.69. The Morgan fingerprint density at radius 3 is 2.36 bits per heavy atom. The van der Waals surface area contributed by atoms with Gasteiger partial charge in [0.15, 0.2) is 5.16 Å². The normalized spacial score (nSPS) is 11.0. The van der Waals surface area contributed by atoms with Crippen LogP contribution >= 0.6 is 11.8 Å². The van der Waals surface area contributed by atoms with E-state index in [9.17, 15) is 4.79 Å². The molecule has 0 aliphatic heterocycles. The zero-order valence-corrected chi connectivity index (χ0v) is 18.7. The smallest absolute Gasteiger partial charge is 0.253 e. The van der Waals surface area contributed by atoms with Crippen molar-refractivity contribution < 1.29 is 4.79 Å². The van der Waals surface area contributed by atoms with E-state index in [1.165, 1.54) is 0 Å². The van der Waals surface area contributed by atoms with E-state index in [-0.39, 0.29) is 5.91 Å². The number of hydrogen-bond acceptors (Lipinski definition) is 5. The summed E-state index contributed by atoms with van der Waals surface area (Å²) in [6.07, 6.45) is 1.08. The summed E-state index contributed by atoms with van der Waals surface area (Å²) in [6.45, 7) is 10.1. The van der Waals surface area contributed by atoms with Crippen LogP contribution in [0.4, 0.5) is 5.82 Å². The van der Waals surface area contributed by atoms with Crippen molar-refractivity contribution in [3.05, 3.63) is 47.2 Å². The maximum Gasteiger partial charge on any atom is 0.253 e. The molecule has 0 unspecified atom stereocenters. The fourth-order valence-corrected chi connectivity index (χ4v) is 3.51. The lowest BCUT2D eigenvalue weighted by Gasteiger charge is -2.19. The van der Waals surface area contributed by atoms with E-state index in [1.807, 2.05) is 38.2 Å². The van der Waals surface area contributed by atoms with Crippen LogP contribution in [0.5, 0.6) is 0 Å². The first-order valence-corrected chi connectivity index (χ1v) is 10.9. The van der Waals surface area contributed by atoms with Crippen molar-refractivity contribution >= 4 is 23.5 Å². The molecule has 1 aromatic carbocycles. The highest BCUT2D eigenvalue weighted by atomic mass is 32.2. The Morgan fingerprint density at radius 2 is 1.79 bits per heavy atom. The van der Waals surface area contributed by atoms with E-state index in [0.29, 0.717) is 12.5 Å². The van der Waals surface area contributed by atoms with Crippen LogP contribution < -0.4 is 4.90 Å². The lowest BCUT2D eigenvalue weighted by atomic mass is 10.1. The van der Waals surface area contributed by atoms with Crippen molar-refractivity contribution in [1.82, 2.24) is 14.9 Å². The number of hydrogen-bond donors (Lipinski definition) is 0. The standard InChI is InChI=1S/C22H32N4OS/c1-7-13-26(6)20-14-19(16(3)4)23-22(24-20)28-15-17-9-11-18(12-10-17)21(27)25(5)8-2/h9-12,14,16H,7-8,13,15H2,1-6H3. The summed E-state index contributed by atoms with van der Waals surface area (Å²) < 4.78 is 0. The Labute approximate surface area is 173 Å². The Kier molecular flexibility index (Phi) is 8.30. The van der Waals surface area contributed by atoms with E-state index < -0.39 is 0 Å². The van der Waals surface area contributed by atoms with Crippen LogP contribution in [0.25, 0.3) is 0 Å². The molecule has 0 N–H and O–H groups in total. The molecule has 0 saturated carbocycles. The van der Waals surface area contributed by atoms with E-state index in [4.69, 9.17) is 9.97 Å². The molecule has 0 atom stereocenters. The van der Waals surface area contributed by atoms with Gasteiger partial charge in [0.2, 0.25) is 0 Å². The third-order valence-corrected chi connectivity index (χ3v) is 5.56. The summed E-state index contributed by atoms with van der Waals surface area (Å²) in [5.41, 5.74) is 2.95. The lowest BCUT2D eigenvalue weighted by molar-refractivity contribution is 0.0802. The summed E-state index contributed by atoms with van der Waals surface area (Å²) in [4.78, 5) is 25.6. The molecular weight excluding hydrogens is 368 g/mol. The number of nitrogens with zero attached hydrogens (tertiary/aromatic N) is 4. The van der Waals surface area contributed by atoms with Gasteiger partial charge in [0, 0.05) is 50.3 Å². The quantitative estimate of drug-likeness (QED) is 0.446. The number of thioether (sulfide) groups is 1. The molecule has 0 saturated heterocycles. The second-order valence-corrected chi connectivity index (χ2v) is 8.26. The van der Waals surface area contributed by atoms with Gasteiger partial charge in [-0.05, 0) is 37.0 Å². The van der Waals surface area contributed by atoms with Gasteiger partial charge in [0.05, 0.1) is 0 Å². The average Bonchev–Trinajstić information content (AvgIpc) is 2.71. The third-order valence-electron chi connectivity index (χ3n) is 4.64. The van der Waals surface area contributed by atoms with E-state index >= 15 is 0 Å². The van der Waals surface area contributed by atoms with Gasteiger partial charge in [0.1, 0.15) is 5.82 Å². The fraction of sp³-hybridized carbons (Fsp3) is 0.500. The molecule has 152 valence electrons. The maximum absolute atomic E-state index is 12.2. The number of carbonyl (C=O) groups is 1.